The van der Waals surface area contributed by atoms with E-state index >= 15 is 0 Å². The third-order valence-electron chi connectivity index (χ3n) is 5.31. The lowest BCUT2D eigenvalue weighted by molar-refractivity contribution is -0.139. The average Bonchev–Trinajstić information content (AvgIpc) is 3.24. The Kier molecular flexibility index (Phi) is 6.53. The molecule has 1 aromatic heterocycles. The van der Waals surface area contributed by atoms with Crippen LogP contribution in [-0.2, 0) is 11.3 Å². The Hall–Kier alpha value is -2.90. The predicted octanol–water partition coefficient (Wildman–Crippen LogP) is 3.81. The normalized spacial score (nSPS) is 15.6. The maximum atomic E-state index is 12.8. The van der Waals surface area contributed by atoms with Gasteiger partial charge in [-0.25, -0.2) is 0 Å². The van der Waals surface area contributed by atoms with Crippen molar-refractivity contribution in [2.75, 3.05) is 26.2 Å². The average molecular weight is 441 g/mol. The van der Waals surface area contributed by atoms with Crippen LogP contribution >= 0.6 is 11.6 Å². The first-order valence-corrected chi connectivity index (χ1v) is 10.7. The van der Waals surface area contributed by atoms with Crippen LogP contribution in [0, 0.1) is 6.92 Å². The number of amides is 1. The van der Waals surface area contributed by atoms with Crippen LogP contribution < -0.4 is 4.74 Å². The van der Waals surface area contributed by atoms with E-state index in [1.807, 2.05) is 48.2 Å². The molecule has 1 atom stereocenters. The van der Waals surface area contributed by atoms with E-state index in [9.17, 15) is 4.79 Å². The quantitative estimate of drug-likeness (QED) is 0.580. The van der Waals surface area contributed by atoms with Crippen molar-refractivity contribution >= 4 is 17.5 Å². The van der Waals surface area contributed by atoms with Gasteiger partial charge in [-0.05, 0) is 26.0 Å². The number of aryl methyl sites for hydroxylation is 1. The molecule has 0 radical (unpaired) electrons. The van der Waals surface area contributed by atoms with Crippen LogP contribution in [0.15, 0.2) is 53.1 Å². The molecule has 7 nitrogen and oxygen atoms in total. The predicted molar refractivity (Wildman–Crippen MR) is 118 cm³/mol. The van der Waals surface area contributed by atoms with Gasteiger partial charge in [0.25, 0.3) is 5.91 Å². The van der Waals surface area contributed by atoms with E-state index < -0.39 is 6.10 Å². The molecule has 1 saturated heterocycles. The number of carbonyl (C=O) groups excluding carboxylic acids is 1. The molecule has 1 fully saturated rings. The maximum Gasteiger partial charge on any atom is 0.263 e. The Morgan fingerprint density at radius 2 is 1.84 bits per heavy atom. The zero-order valence-corrected chi connectivity index (χ0v) is 18.4. The van der Waals surface area contributed by atoms with E-state index in [0.29, 0.717) is 42.1 Å². The van der Waals surface area contributed by atoms with Crippen molar-refractivity contribution < 1.29 is 14.1 Å². The molecule has 4 rings (SSSR count). The van der Waals surface area contributed by atoms with Crippen molar-refractivity contribution in [1.29, 1.82) is 0 Å². The van der Waals surface area contributed by atoms with Gasteiger partial charge in [-0.2, -0.15) is 4.98 Å². The highest BCUT2D eigenvalue weighted by Gasteiger charge is 2.27. The van der Waals surface area contributed by atoms with Gasteiger partial charge in [0.2, 0.25) is 11.7 Å². The lowest BCUT2D eigenvalue weighted by Crippen LogP contribution is -2.51. The summed E-state index contributed by atoms with van der Waals surface area (Å²) in [5.74, 6) is 1.64. The zero-order valence-electron chi connectivity index (χ0n) is 17.6. The van der Waals surface area contributed by atoms with Gasteiger partial charge in [0.15, 0.2) is 6.10 Å². The first kappa shape index (κ1) is 21.3. The number of carbonyl (C=O) groups is 1. The van der Waals surface area contributed by atoms with Crippen LogP contribution in [0.4, 0.5) is 0 Å². The second-order valence-electron chi connectivity index (χ2n) is 7.67. The molecule has 1 amide bonds. The maximum absolute atomic E-state index is 12.8. The molecule has 2 heterocycles. The fraction of sp³-hybridized carbons (Fsp3) is 0.348. The number of benzene rings is 2. The number of para-hydroxylation sites is 1. The molecule has 1 aliphatic rings. The van der Waals surface area contributed by atoms with E-state index in [2.05, 4.69) is 15.0 Å². The fourth-order valence-corrected chi connectivity index (χ4v) is 3.68. The van der Waals surface area contributed by atoms with Gasteiger partial charge >= 0.3 is 0 Å². The molecule has 31 heavy (non-hydrogen) atoms. The minimum absolute atomic E-state index is 0.0426. The molecule has 8 heteroatoms. The summed E-state index contributed by atoms with van der Waals surface area (Å²) < 4.78 is 11.2. The number of hydrogen-bond donors (Lipinski definition) is 0. The molecule has 2 aromatic carbocycles. The summed E-state index contributed by atoms with van der Waals surface area (Å²) in [6.07, 6.45) is -0.598. The molecule has 0 N–H and O–H groups in total. The van der Waals surface area contributed by atoms with Gasteiger partial charge in [0.05, 0.1) is 11.6 Å². The first-order chi connectivity index (χ1) is 15.0. The Balaban J connectivity index is 1.28. The van der Waals surface area contributed by atoms with Crippen LogP contribution in [0.25, 0.3) is 11.4 Å². The number of ether oxygens (including phenoxy) is 1. The van der Waals surface area contributed by atoms with Crippen LogP contribution in [0.2, 0.25) is 5.02 Å². The van der Waals surface area contributed by atoms with Crippen molar-refractivity contribution in [2.24, 2.45) is 0 Å². The van der Waals surface area contributed by atoms with Crippen molar-refractivity contribution in [1.82, 2.24) is 19.9 Å². The Morgan fingerprint density at radius 1 is 1.13 bits per heavy atom. The van der Waals surface area contributed by atoms with E-state index in [0.717, 1.165) is 18.7 Å². The molecule has 0 aliphatic carbocycles. The Bertz CT molecular complexity index is 1030. The molecule has 3 aromatic rings. The minimum Gasteiger partial charge on any atom is -0.479 e. The van der Waals surface area contributed by atoms with Gasteiger partial charge in [0.1, 0.15) is 5.75 Å². The third-order valence-corrected chi connectivity index (χ3v) is 5.62. The van der Waals surface area contributed by atoms with Crippen molar-refractivity contribution in [3.8, 4) is 17.1 Å². The lowest BCUT2D eigenvalue weighted by Gasteiger charge is -2.35. The molecular formula is C23H25ClN4O3. The standard InChI is InChI=1S/C23H25ClN4O3/c1-16-7-9-18(10-8-16)22-25-21(31-26-22)15-27-11-13-28(14-12-27)23(29)17(2)30-20-6-4-3-5-19(20)24/h3-10,17H,11-15H2,1-2H3. The summed E-state index contributed by atoms with van der Waals surface area (Å²) in [6.45, 7) is 7.05. The van der Waals surface area contributed by atoms with E-state index in [1.54, 1.807) is 19.1 Å². The summed E-state index contributed by atoms with van der Waals surface area (Å²) in [6, 6.07) is 15.2. The van der Waals surface area contributed by atoms with Gasteiger partial charge in [-0.15, -0.1) is 0 Å². The van der Waals surface area contributed by atoms with Crippen molar-refractivity contribution in [3.05, 3.63) is 65.0 Å². The zero-order chi connectivity index (χ0) is 21.8. The van der Waals surface area contributed by atoms with Crippen molar-refractivity contribution in [3.63, 3.8) is 0 Å². The highest BCUT2D eigenvalue weighted by atomic mass is 35.5. The number of halogens is 1. The van der Waals surface area contributed by atoms with E-state index in [4.69, 9.17) is 20.9 Å². The molecule has 1 unspecified atom stereocenters. The molecule has 0 bridgehead atoms. The summed E-state index contributed by atoms with van der Waals surface area (Å²) in [4.78, 5) is 21.3. The van der Waals surface area contributed by atoms with Crippen LogP contribution in [-0.4, -0.2) is 58.1 Å². The van der Waals surface area contributed by atoms with Crippen LogP contribution in [0.5, 0.6) is 5.75 Å². The van der Waals surface area contributed by atoms with Crippen LogP contribution in [0.1, 0.15) is 18.4 Å². The van der Waals surface area contributed by atoms with E-state index in [-0.39, 0.29) is 5.91 Å². The van der Waals surface area contributed by atoms with Gasteiger partial charge in [-0.1, -0.05) is 58.7 Å². The Labute approximate surface area is 186 Å². The van der Waals surface area contributed by atoms with Crippen molar-refractivity contribution in [2.45, 2.75) is 26.5 Å². The minimum atomic E-state index is -0.598. The smallest absolute Gasteiger partial charge is 0.263 e. The largest absolute Gasteiger partial charge is 0.479 e. The SMILES string of the molecule is Cc1ccc(-c2noc(CN3CCN(C(=O)C(C)Oc4ccccc4Cl)CC3)n2)cc1. The van der Waals surface area contributed by atoms with E-state index in [1.165, 1.54) is 5.56 Å². The molecule has 1 aliphatic heterocycles. The first-order valence-electron chi connectivity index (χ1n) is 10.3. The summed E-state index contributed by atoms with van der Waals surface area (Å²) in [7, 11) is 0. The topological polar surface area (TPSA) is 71.7 Å². The van der Waals surface area contributed by atoms with Gasteiger partial charge in [-0.3, -0.25) is 9.69 Å². The van der Waals surface area contributed by atoms with Crippen LogP contribution in [0.3, 0.4) is 0 Å². The molecule has 162 valence electrons. The summed E-state index contributed by atoms with van der Waals surface area (Å²) in [5, 5.41) is 4.59. The lowest BCUT2D eigenvalue weighted by atomic mass is 10.1. The number of piperazine rings is 1. The Morgan fingerprint density at radius 3 is 2.55 bits per heavy atom. The fourth-order valence-electron chi connectivity index (χ4n) is 3.49. The molecule has 0 spiro atoms. The second-order valence-corrected chi connectivity index (χ2v) is 8.08. The van der Waals surface area contributed by atoms with Gasteiger partial charge < -0.3 is 14.2 Å². The summed E-state index contributed by atoms with van der Waals surface area (Å²) in [5.41, 5.74) is 2.12. The summed E-state index contributed by atoms with van der Waals surface area (Å²) >= 11 is 6.13. The highest BCUT2D eigenvalue weighted by Crippen LogP contribution is 2.25. The molecule has 0 saturated carbocycles. The number of nitrogens with zero attached hydrogens (tertiary/aromatic N) is 4. The number of rotatable bonds is 6. The van der Waals surface area contributed by atoms with Gasteiger partial charge in [0, 0.05) is 31.7 Å². The number of hydrogen-bond acceptors (Lipinski definition) is 6. The monoisotopic (exact) mass is 440 g/mol. The highest BCUT2D eigenvalue weighted by molar-refractivity contribution is 6.32. The molecular weight excluding hydrogens is 416 g/mol. The second kappa shape index (κ2) is 9.49. The third kappa shape index (κ3) is 5.24. The number of aromatic nitrogens is 2.